The molecule has 0 bridgehead atoms. The summed E-state index contributed by atoms with van der Waals surface area (Å²) < 4.78 is 6.15. The van der Waals surface area contributed by atoms with E-state index in [0.29, 0.717) is 18.2 Å². The van der Waals surface area contributed by atoms with Crippen molar-refractivity contribution in [3.8, 4) is 11.1 Å². The van der Waals surface area contributed by atoms with Crippen molar-refractivity contribution < 1.29 is 14.6 Å². The Morgan fingerprint density at radius 3 is 2.39 bits per heavy atom. The smallest absolute Gasteiger partial charge is 0.337 e. The first-order chi connectivity index (χ1) is 14.5. The van der Waals surface area contributed by atoms with Crippen LogP contribution < -0.4 is 15.8 Å². The van der Waals surface area contributed by atoms with Crippen molar-refractivity contribution in [1.82, 2.24) is 0 Å². The first kappa shape index (κ1) is 21.7. The number of nitrogens with zero attached hydrogens (tertiary/aromatic N) is 2. The number of aliphatic carboxylic acids is 1. The molecule has 0 fully saturated rings. The van der Waals surface area contributed by atoms with Gasteiger partial charge in [-0.1, -0.05) is 29.8 Å². The van der Waals surface area contributed by atoms with Crippen molar-refractivity contribution in [3.63, 3.8) is 0 Å². The molecule has 31 heavy (non-hydrogen) atoms. The fourth-order valence-corrected chi connectivity index (χ4v) is 5.03. The highest BCUT2D eigenvalue weighted by Crippen LogP contribution is 2.52. The third-order valence-corrected chi connectivity index (χ3v) is 6.33. The van der Waals surface area contributed by atoms with Gasteiger partial charge in [0.05, 0.1) is 23.5 Å². The molecular weight excluding hydrogens is 390 g/mol. The Bertz CT molecular complexity index is 1020. The second-order valence-corrected chi connectivity index (χ2v) is 9.84. The van der Waals surface area contributed by atoms with Crippen molar-refractivity contribution >= 4 is 17.3 Å². The number of carboxylic acid groups (broad SMARTS) is 1. The highest BCUT2D eigenvalue weighted by molar-refractivity contribution is 5.94. The monoisotopic (exact) mass is 423 g/mol. The number of carboxylic acids is 1. The molecule has 166 valence electrons. The first-order valence-corrected chi connectivity index (χ1v) is 11.0. The molecule has 0 spiro atoms. The van der Waals surface area contributed by atoms with Crippen LogP contribution in [-0.2, 0) is 16.0 Å². The van der Waals surface area contributed by atoms with Crippen LogP contribution >= 0.6 is 0 Å². The predicted octanol–water partition coefficient (Wildman–Crippen LogP) is 4.36. The zero-order valence-electron chi connectivity index (χ0n) is 19.3. The molecule has 4 rings (SSSR count). The summed E-state index contributed by atoms with van der Waals surface area (Å²) in [6.07, 6.45) is -0.230. The normalized spacial score (nSPS) is 18.9. The van der Waals surface area contributed by atoms with Crippen LogP contribution in [0.2, 0.25) is 0 Å². The van der Waals surface area contributed by atoms with Gasteiger partial charge in [-0.3, -0.25) is 0 Å². The number of benzene rings is 2. The summed E-state index contributed by atoms with van der Waals surface area (Å²) in [5.74, 6) is 5.47. The largest absolute Gasteiger partial charge is 0.479 e. The van der Waals surface area contributed by atoms with Gasteiger partial charge in [-0.05, 0) is 70.2 Å². The van der Waals surface area contributed by atoms with Crippen LogP contribution in [0.5, 0.6) is 0 Å². The van der Waals surface area contributed by atoms with Crippen LogP contribution in [-0.4, -0.2) is 35.8 Å². The summed E-state index contributed by atoms with van der Waals surface area (Å²) in [5, 5.41) is 12.0. The Morgan fingerprint density at radius 2 is 1.81 bits per heavy atom. The number of ether oxygens (including phenoxy) is 1. The van der Waals surface area contributed by atoms with Gasteiger partial charge in [0.1, 0.15) is 0 Å². The van der Waals surface area contributed by atoms with Gasteiger partial charge in [-0.15, -0.1) is 0 Å². The topological polar surface area (TPSA) is 79.0 Å². The molecule has 2 aliphatic rings. The second-order valence-electron chi connectivity index (χ2n) is 9.84. The number of rotatable bonds is 4. The Balaban J connectivity index is 2.08. The lowest BCUT2D eigenvalue weighted by molar-refractivity contribution is -0.160. The van der Waals surface area contributed by atoms with Crippen LogP contribution in [0.1, 0.15) is 56.1 Å². The van der Waals surface area contributed by atoms with Gasteiger partial charge in [0.15, 0.2) is 6.10 Å². The minimum atomic E-state index is -1.09. The lowest BCUT2D eigenvalue weighted by Crippen LogP contribution is -2.46. The van der Waals surface area contributed by atoms with Gasteiger partial charge in [-0.2, -0.15) is 0 Å². The lowest BCUT2D eigenvalue weighted by Gasteiger charge is -2.39. The lowest BCUT2D eigenvalue weighted by atomic mass is 9.84. The van der Waals surface area contributed by atoms with E-state index in [-0.39, 0.29) is 0 Å². The summed E-state index contributed by atoms with van der Waals surface area (Å²) in [5.41, 5.74) is 7.41. The maximum atomic E-state index is 12.5. The zero-order valence-corrected chi connectivity index (χ0v) is 19.3. The Hall–Kier alpha value is -2.57. The average Bonchev–Trinajstić information content (AvgIpc) is 3.00. The third-order valence-electron chi connectivity index (χ3n) is 6.33. The molecule has 6 heteroatoms. The molecule has 0 saturated heterocycles. The van der Waals surface area contributed by atoms with E-state index in [1.165, 1.54) is 11.1 Å². The van der Waals surface area contributed by atoms with Crippen molar-refractivity contribution in [2.45, 2.75) is 65.7 Å². The Labute approximate surface area is 184 Å². The summed E-state index contributed by atoms with van der Waals surface area (Å²) in [4.78, 5) is 14.9. The molecule has 2 aliphatic heterocycles. The van der Waals surface area contributed by atoms with Gasteiger partial charge in [0.25, 0.3) is 0 Å². The number of carbonyl (C=O) groups is 1. The molecule has 2 aromatic carbocycles. The van der Waals surface area contributed by atoms with Crippen LogP contribution in [0.4, 0.5) is 11.4 Å². The van der Waals surface area contributed by atoms with E-state index in [4.69, 9.17) is 10.6 Å². The molecule has 0 radical (unpaired) electrons. The van der Waals surface area contributed by atoms with Crippen LogP contribution in [0.15, 0.2) is 24.3 Å². The number of nitrogens with two attached hydrogens (primary N) is 1. The molecule has 2 atom stereocenters. The molecular formula is C25H33N3O3. The predicted molar refractivity (Wildman–Crippen MR) is 125 cm³/mol. The van der Waals surface area contributed by atoms with E-state index in [1.54, 1.807) is 5.01 Å². The zero-order chi connectivity index (χ0) is 22.7. The van der Waals surface area contributed by atoms with E-state index in [2.05, 4.69) is 43.0 Å². The van der Waals surface area contributed by atoms with Crippen molar-refractivity contribution in [2.75, 3.05) is 23.0 Å². The van der Waals surface area contributed by atoms with Crippen molar-refractivity contribution in [2.24, 2.45) is 5.84 Å². The number of anilines is 2. The van der Waals surface area contributed by atoms with Gasteiger partial charge in [-0.25, -0.2) is 10.6 Å². The Kier molecular flexibility index (Phi) is 5.26. The maximum absolute atomic E-state index is 12.5. The SMILES string of the molecule is Cc1ccc(-c2c3c4c(c(C)c2[C@H](OC(C)(C)C)C(=O)O)N(N)CCN4C(C)C3)cc1. The molecule has 2 aromatic rings. The summed E-state index contributed by atoms with van der Waals surface area (Å²) >= 11 is 0. The van der Waals surface area contributed by atoms with E-state index < -0.39 is 17.7 Å². The molecule has 0 aromatic heterocycles. The van der Waals surface area contributed by atoms with Crippen LogP contribution in [0, 0.1) is 13.8 Å². The Morgan fingerprint density at radius 1 is 1.16 bits per heavy atom. The third kappa shape index (κ3) is 3.68. The summed E-state index contributed by atoms with van der Waals surface area (Å²) in [6.45, 7) is 13.5. The minimum Gasteiger partial charge on any atom is -0.479 e. The van der Waals surface area contributed by atoms with Crippen LogP contribution in [0.3, 0.4) is 0 Å². The molecule has 0 aliphatic carbocycles. The van der Waals surface area contributed by atoms with E-state index in [0.717, 1.165) is 41.0 Å². The van der Waals surface area contributed by atoms with Crippen LogP contribution in [0.25, 0.3) is 11.1 Å². The standard InChI is InChI=1S/C25H33N3O3/c1-14-7-9-17(10-8-14)20-18-13-15(2)27-11-12-28(26)21(22(18)27)16(3)19(20)23(24(29)30)31-25(4,5)6/h7-10,15,23H,11-13,26H2,1-6H3,(H,29,30)/t15?,23-/m0/s1. The number of hydrogen-bond acceptors (Lipinski definition) is 5. The highest BCUT2D eigenvalue weighted by atomic mass is 16.5. The highest BCUT2D eigenvalue weighted by Gasteiger charge is 2.41. The molecule has 1 unspecified atom stereocenters. The fourth-order valence-electron chi connectivity index (χ4n) is 5.03. The summed E-state index contributed by atoms with van der Waals surface area (Å²) in [6, 6.07) is 8.66. The van der Waals surface area contributed by atoms with Gasteiger partial charge in [0, 0.05) is 18.2 Å². The minimum absolute atomic E-state index is 0.341. The average molecular weight is 424 g/mol. The van der Waals surface area contributed by atoms with Crippen molar-refractivity contribution in [3.05, 3.63) is 46.5 Å². The number of hydrogen-bond donors (Lipinski definition) is 2. The van der Waals surface area contributed by atoms with Gasteiger partial charge in [0.2, 0.25) is 0 Å². The summed E-state index contributed by atoms with van der Waals surface area (Å²) in [7, 11) is 0. The fraction of sp³-hybridized carbons (Fsp3) is 0.480. The molecule has 2 heterocycles. The molecule has 3 N–H and O–H groups in total. The molecule has 0 saturated carbocycles. The van der Waals surface area contributed by atoms with Gasteiger partial charge >= 0.3 is 5.97 Å². The number of hydrazine groups is 1. The quantitative estimate of drug-likeness (QED) is 0.712. The number of aryl methyl sites for hydroxylation is 1. The second kappa shape index (κ2) is 7.53. The maximum Gasteiger partial charge on any atom is 0.337 e. The molecule has 6 nitrogen and oxygen atoms in total. The first-order valence-electron chi connectivity index (χ1n) is 11.0. The van der Waals surface area contributed by atoms with Gasteiger partial charge < -0.3 is 19.8 Å². The van der Waals surface area contributed by atoms with Crippen molar-refractivity contribution in [1.29, 1.82) is 0 Å². The molecule has 0 amide bonds. The van der Waals surface area contributed by atoms with E-state index >= 15 is 0 Å². The van der Waals surface area contributed by atoms with E-state index in [1.807, 2.05) is 27.7 Å². The van der Waals surface area contributed by atoms with E-state index in [9.17, 15) is 9.90 Å².